The van der Waals surface area contributed by atoms with E-state index in [0.29, 0.717) is 22.1 Å². The minimum absolute atomic E-state index is 0.0669. The summed E-state index contributed by atoms with van der Waals surface area (Å²) >= 11 is 1.29. The summed E-state index contributed by atoms with van der Waals surface area (Å²) in [6, 6.07) is 9.36. The average Bonchev–Trinajstić information content (AvgIpc) is 3.23. The minimum Gasteiger partial charge on any atom is -0.469 e. The highest BCUT2D eigenvalue weighted by atomic mass is 32.1. The Morgan fingerprint density at radius 1 is 1.19 bits per heavy atom. The molecule has 0 aliphatic heterocycles. The fourth-order valence-corrected chi connectivity index (χ4v) is 3.12. The van der Waals surface area contributed by atoms with E-state index in [2.05, 4.69) is 10.3 Å². The van der Waals surface area contributed by atoms with E-state index in [1.165, 1.54) is 17.6 Å². The molecule has 0 saturated carbocycles. The molecule has 0 saturated heterocycles. The molecule has 0 atom stereocenters. The Bertz CT molecular complexity index is 928. The first-order valence-electron chi connectivity index (χ1n) is 8.07. The molecule has 26 heavy (non-hydrogen) atoms. The van der Waals surface area contributed by atoms with Crippen LogP contribution in [-0.2, 0) is 11.2 Å². The summed E-state index contributed by atoms with van der Waals surface area (Å²) in [7, 11) is 1.74. The maximum absolute atomic E-state index is 12.5. The smallest absolute Gasteiger partial charge is 0.260 e. The molecule has 3 aromatic rings. The van der Waals surface area contributed by atoms with Crippen LogP contribution >= 0.6 is 11.3 Å². The molecule has 7 heteroatoms. The van der Waals surface area contributed by atoms with Crippen LogP contribution in [0.3, 0.4) is 0 Å². The molecule has 0 aliphatic rings. The zero-order chi connectivity index (χ0) is 18.7. The van der Waals surface area contributed by atoms with Gasteiger partial charge in [-0.25, -0.2) is 4.98 Å². The number of nitrogens with zero attached hydrogens (tertiary/aromatic N) is 2. The van der Waals surface area contributed by atoms with E-state index in [4.69, 9.17) is 4.42 Å². The van der Waals surface area contributed by atoms with Gasteiger partial charge in [0, 0.05) is 18.1 Å². The molecule has 2 heterocycles. The van der Waals surface area contributed by atoms with Gasteiger partial charge in [0.25, 0.3) is 5.91 Å². The van der Waals surface area contributed by atoms with Crippen LogP contribution < -0.4 is 10.2 Å². The maximum Gasteiger partial charge on any atom is 0.260 e. The molecule has 3 rings (SSSR count). The first-order chi connectivity index (χ1) is 12.4. The van der Waals surface area contributed by atoms with Crippen LogP contribution in [0.1, 0.15) is 27.4 Å². The number of aromatic nitrogens is 1. The van der Waals surface area contributed by atoms with E-state index >= 15 is 0 Å². The van der Waals surface area contributed by atoms with Gasteiger partial charge in [-0.15, -0.1) is 11.3 Å². The molecule has 0 radical (unpaired) electrons. The molecule has 0 fully saturated rings. The van der Waals surface area contributed by atoms with Crippen molar-refractivity contribution in [3.8, 4) is 0 Å². The molecule has 1 aromatic carbocycles. The van der Waals surface area contributed by atoms with Gasteiger partial charge in [-0.2, -0.15) is 0 Å². The summed E-state index contributed by atoms with van der Waals surface area (Å²) in [5.41, 5.74) is 3.07. The highest BCUT2D eigenvalue weighted by Gasteiger charge is 2.16. The highest BCUT2D eigenvalue weighted by molar-refractivity contribution is 7.14. The lowest BCUT2D eigenvalue weighted by molar-refractivity contribution is -0.117. The van der Waals surface area contributed by atoms with Gasteiger partial charge >= 0.3 is 0 Å². The van der Waals surface area contributed by atoms with Crippen LogP contribution in [-0.4, -0.2) is 23.8 Å². The number of anilines is 2. The number of nitrogens with one attached hydrogen (secondary N) is 1. The Balaban J connectivity index is 1.62. The molecule has 134 valence electrons. The van der Waals surface area contributed by atoms with Crippen LogP contribution in [0.4, 0.5) is 10.8 Å². The Kier molecular flexibility index (Phi) is 5.18. The summed E-state index contributed by atoms with van der Waals surface area (Å²) in [6.07, 6.45) is 1.64. The molecule has 0 unspecified atom stereocenters. The van der Waals surface area contributed by atoms with E-state index in [0.717, 1.165) is 11.3 Å². The maximum atomic E-state index is 12.5. The zero-order valence-electron chi connectivity index (χ0n) is 14.8. The SMILES string of the molecule is Cc1ccc(N(C)C(=O)Cc2csc(NC(=O)c3ccoc3C)n2)cc1. The van der Waals surface area contributed by atoms with Crippen LogP contribution in [0.5, 0.6) is 0 Å². The van der Waals surface area contributed by atoms with Gasteiger partial charge in [0.2, 0.25) is 5.91 Å². The number of hydrogen-bond donors (Lipinski definition) is 1. The number of furan rings is 1. The topological polar surface area (TPSA) is 75.4 Å². The lowest BCUT2D eigenvalue weighted by Crippen LogP contribution is -2.27. The van der Waals surface area contributed by atoms with Crippen molar-refractivity contribution in [1.29, 1.82) is 0 Å². The fraction of sp³-hybridized carbons (Fsp3) is 0.211. The van der Waals surface area contributed by atoms with Gasteiger partial charge in [-0.3, -0.25) is 14.9 Å². The second kappa shape index (κ2) is 7.53. The van der Waals surface area contributed by atoms with Crippen LogP contribution in [0.15, 0.2) is 46.4 Å². The molecule has 2 amide bonds. The van der Waals surface area contributed by atoms with Crippen molar-refractivity contribution in [2.75, 3.05) is 17.3 Å². The average molecular weight is 369 g/mol. The van der Waals surface area contributed by atoms with E-state index in [-0.39, 0.29) is 18.2 Å². The quantitative estimate of drug-likeness (QED) is 0.742. The van der Waals surface area contributed by atoms with E-state index in [9.17, 15) is 9.59 Å². The van der Waals surface area contributed by atoms with E-state index in [1.807, 2.05) is 31.2 Å². The number of carbonyl (C=O) groups excluding carboxylic acids is 2. The Hall–Kier alpha value is -2.93. The predicted octanol–water partition coefficient (Wildman–Crippen LogP) is 3.81. The second-order valence-electron chi connectivity index (χ2n) is 5.95. The third-order valence-electron chi connectivity index (χ3n) is 4.00. The number of hydrogen-bond acceptors (Lipinski definition) is 5. The molecular formula is C19H19N3O3S. The van der Waals surface area contributed by atoms with Crippen LogP contribution in [0.2, 0.25) is 0 Å². The first kappa shape index (κ1) is 17.9. The van der Waals surface area contributed by atoms with Gasteiger partial charge in [0.15, 0.2) is 5.13 Å². The van der Waals surface area contributed by atoms with Crippen LogP contribution in [0.25, 0.3) is 0 Å². The Labute approximate surface area is 155 Å². The van der Waals surface area contributed by atoms with Crippen molar-refractivity contribution < 1.29 is 14.0 Å². The lowest BCUT2D eigenvalue weighted by atomic mass is 10.2. The van der Waals surface area contributed by atoms with Gasteiger partial charge in [-0.1, -0.05) is 17.7 Å². The number of amides is 2. The summed E-state index contributed by atoms with van der Waals surface area (Å²) in [4.78, 5) is 30.6. The fourth-order valence-electron chi connectivity index (χ4n) is 2.42. The van der Waals surface area contributed by atoms with Crippen molar-refractivity contribution in [3.63, 3.8) is 0 Å². The number of rotatable bonds is 5. The normalized spacial score (nSPS) is 10.6. The molecule has 2 aromatic heterocycles. The Morgan fingerprint density at radius 2 is 1.92 bits per heavy atom. The minimum atomic E-state index is -0.278. The van der Waals surface area contributed by atoms with Gasteiger partial charge in [0.05, 0.1) is 23.9 Å². The van der Waals surface area contributed by atoms with Gasteiger partial charge < -0.3 is 9.32 Å². The van der Waals surface area contributed by atoms with Crippen molar-refractivity contribution in [2.45, 2.75) is 20.3 Å². The lowest BCUT2D eigenvalue weighted by Gasteiger charge is -2.16. The molecule has 1 N–H and O–H groups in total. The summed E-state index contributed by atoms with van der Waals surface area (Å²) in [5, 5.41) is 4.96. The number of aryl methyl sites for hydroxylation is 2. The van der Waals surface area contributed by atoms with Gasteiger partial charge in [-0.05, 0) is 32.0 Å². The summed E-state index contributed by atoms with van der Waals surface area (Å²) in [6.45, 7) is 3.73. The molecule has 0 bridgehead atoms. The third kappa shape index (κ3) is 4.00. The van der Waals surface area contributed by atoms with Crippen molar-refractivity contribution in [2.24, 2.45) is 0 Å². The summed E-state index contributed by atoms with van der Waals surface area (Å²) in [5.74, 6) is 0.206. The predicted molar refractivity (Wildman–Crippen MR) is 102 cm³/mol. The molecule has 0 spiro atoms. The number of likely N-dealkylation sites (N-methyl/N-ethyl adjacent to an activating group) is 1. The largest absolute Gasteiger partial charge is 0.469 e. The van der Waals surface area contributed by atoms with Crippen LogP contribution in [0, 0.1) is 13.8 Å². The standard InChI is InChI=1S/C19H19N3O3S/c1-12-4-6-15(7-5-12)22(3)17(23)10-14-11-26-19(20-14)21-18(24)16-8-9-25-13(16)2/h4-9,11H,10H2,1-3H3,(H,20,21,24). The van der Waals surface area contributed by atoms with Gasteiger partial charge in [0.1, 0.15) is 5.76 Å². The summed E-state index contributed by atoms with van der Waals surface area (Å²) < 4.78 is 5.13. The monoisotopic (exact) mass is 369 g/mol. The number of carbonyl (C=O) groups is 2. The van der Waals surface area contributed by atoms with E-state index < -0.39 is 0 Å². The van der Waals surface area contributed by atoms with Crippen molar-refractivity contribution in [1.82, 2.24) is 4.98 Å². The number of thiazole rings is 1. The Morgan fingerprint density at radius 3 is 2.58 bits per heavy atom. The molecular weight excluding hydrogens is 350 g/mol. The number of benzene rings is 1. The highest BCUT2D eigenvalue weighted by Crippen LogP contribution is 2.20. The van der Waals surface area contributed by atoms with Crippen molar-refractivity contribution in [3.05, 3.63) is 64.6 Å². The zero-order valence-corrected chi connectivity index (χ0v) is 15.6. The third-order valence-corrected chi connectivity index (χ3v) is 4.81. The van der Waals surface area contributed by atoms with E-state index in [1.54, 1.807) is 30.3 Å². The second-order valence-corrected chi connectivity index (χ2v) is 6.81. The van der Waals surface area contributed by atoms with Crippen molar-refractivity contribution >= 4 is 34.0 Å². The first-order valence-corrected chi connectivity index (χ1v) is 8.95. The molecule has 0 aliphatic carbocycles. The molecule has 6 nitrogen and oxygen atoms in total.